The van der Waals surface area contributed by atoms with Gasteiger partial charge in [0, 0.05) is 12.1 Å². The Kier molecular flexibility index (Phi) is 3.96. The Morgan fingerprint density at radius 3 is 2.62 bits per heavy atom. The number of nitrogens with one attached hydrogen (secondary N) is 1. The molecule has 0 radical (unpaired) electrons. The van der Waals surface area contributed by atoms with Crippen LogP contribution in [-0.4, -0.2) is 22.1 Å². The summed E-state index contributed by atoms with van der Waals surface area (Å²) in [6.07, 6.45) is 9.07. The number of nitrogens with two attached hydrogens (primary N) is 1. The minimum atomic E-state index is 0.196. The molecule has 5 heteroatoms. The summed E-state index contributed by atoms with van der Waals surface area (Å²) >= 11 is 5.73. The molecule has 88 valence electrons. The molecule has 1 saturated carbocycles. The van der Waals surface area contributed by atoms with Crippen LogP contribution >= 0.6 is 11.6 Å². The van der Waals surface area contributed by atoms with Gasteiger partial charge in [-0.1, -0.05) is 30.9 Å². The van der Waals surface area contributed by atoms with Gasteiger partial charge in [0.25, 0.3) is 0 Å². The first-order valence-electron chi connectivity index (χ1n) is 5.75. The monoisotopic (exact) mass is 240 g/mol. The molecular weight excluding hydrogens is 224 g/mol. The Labute approximate surface area is 101 Å². The Morgan fingerprint density at radius 1 is 1.19 bits per heavy atom. The lowest BCUT2D eigenvalue weighted by Crippen LogP contribution is -2.39. The second-order valence-electron chi connectivity index (χ2n) is 4.28. The molecule has 3 N–H and O–H groups in total. The van der Waals surface area contributed by atoms with E-state index in [0.29, 0.717) is 11.0 Å². The van der Waals surface area contributed by atoms with E-state index in [2.05, 4.69) is 15.3 Å². The minimum Gasteiger partial charge on any atom is -0.350 e. The first-order chi connectivity index (χ1) is 7.75. The second kappa shape index (κ2) is 5.46. The summed E-state index contributed by atoms with van der Waals surface area (Å²) in [6, 6.07) is 0.477. The molecule has 2 unspecified atom stereocenters. The fraction of sp³-hybridized carbons (Fsp3) is 0.636. The number of hydrogen-bond acceptors (Lipinski definition) is 4. The molecule has 0 aromatic carbocycles. The maximum absolute atomic E-state index is 6.11. The highest BCUT2D eigenvalue weighted by atomic mass is 35.5. The van der Waals surface area contributed by atoms with E-state index in [-0.39, 0.29) is 12.1 Å². The molecule has 1 heterocycles. The van der Waals surface area contributed by atoms with Crippen molar-refractivity contribution in [3.63, 3.8) is 0 Å². The molecule has 1 aliphatic rings. The van der Waals surface area contributed by atoms with E-state index in [4.69, 9.17) is 17.3 Å². The Hall–Kier alpha value is -0.870. The highest BCUT2D eigenvalue weighted by Crippen LogP contribution is 2.19. The van der Waals surface area contributed by atoms with Gasteiger partial charge in [-0.15, -0.1) is 0 Å². The molecule has 0 bridgehead atoms. The van der Waals surface area contributed by atoms with Crippen molar-refractivity contribution in [1.82, 2.24) is 9.97 Å². The standard InChI is InChI=1S/C11H17ClN4/c12-8-6-14-11(15-7-8)16-10-5-3-1-2-4-9(10)13/h6-7,9-10H,1-5,13H2,(H,14,15,16). The van der Waals surface area contributed by atoms with E-state index in [1.807, 2.05) is 0 Å². The third kappa shape index (κ3) is 3.06. The van der Waals surface area contributed by atoms with E-state index in [1.54, 1.807) is 12.4 Å². The van der Waals surface area contributed by atoms with Crippen molar-refractivity contribution >= 4 is 17.5 Å². The number of anilines is 1. The van der Waals surface area contributed by atoms with Crippen LogP contribution in [0.1, 0.15) is 32.1 Å². The third-order valence-corrected chi connectivity index (χ3v) is 3.20. The van der Waals surface area contributed by atoms with Crippen molar-refractivity contribution in [3.05, 3.63) is 17.4 Å². The van der Waals surface area contributed by atoms with E-state index in [1.165, 1.54) is 19.3 Å². The van der Waals surface area contributed by atoms with E-state index in [0.717, 1.165) is 12.8 Å². The van der Waals surface area contributed by atoms with Gasteiger partial charge in [0.05, 0.1) is 17.4 Å². The van der Waals surface area contributed by atoms with Gasteiger partial charge < -0.3 is 11.1 Å². The van der Waals surface area contributed by atoms with Crippen LogP contribution in [0.25, 0.3) is 0 Å². The molecular formula is C11H17ClN4. The highest BCUT2D eigenvalue weighted by Gasteiger charge is 2.20. The molecule has 1 aromatic heterocycles. The van der Waals surface area contributed by atoms with Gasteiger partial charge in [0.2, 0.25) is 5.95 Å². The fourth-order valence-corrected chi connectivity index (χ4v) is 2.17. The normalized spacial score (nSPS) is 26.1. The van der Waals surface area contributed by atoms with Gasteiger partial charge in [-0.2, -0.15) is 0 Å². The van der Waals surface area contributed by atoms with E-state index < -0.39 is 0 Å². The highest BCUT2D eigenvalue weighted by molar-refractivity contribution is 6.30. The van der Waals surface area contributed by atoms with Gasteiger partial charge in [-0.3, -0.25) is 0 Å². The predicted molar refractivity (Wildman–Crippen MR) is 65.5 cm³/mol. The van der Waals surface area contributed by atoms with Crippen molar-refractivity contribution in [2.45, 2.75) is 44.2 Å². The summed E-state index contributed by atoms with van der Waals surface area (Å²) < 4.78 is 0. The summed E-state index contributed by atoms with van der Waals surface area (Å²) in [5.41, 5.74) is 6.11. The number of rotatable bonds is 2. The molecule has 0 saturated heterocycles. The van der Waals surface area contributed by atoms with Crippen molar-refractivity contribution < 1.29 is 0 Å². The molecule has 1 aromatic rings. The zero-order valence-corrected chi connectivity index (χ0v) is 9.95. The molecule has 0 amide bonds. The molecule has 16 heavy (non-hydrogen) atoms. The first kappa shape index (κ1) is 11.6. The molecule has 4 nitrogen and oxygen atoms in total. The van der Waals surface area contributed by atoms with Crippen LogP contribution in [0, 0.1) is 0 Å². The van der Waals surface area contributed by atoms with Crippen LogP contribution in [-0.2, 0) is 0 Å². The Balaban J connectivity index is 1.99. The van der Waals surface area contributed by atoms with Crippen LogP contribution in [0.3, 0.4) is 0 Å². The lowest BCUT2D eigenvalue weighted by molar-refractivity contribution is 0.525. The van der Waals surface area contributed by atoms with Gasteiger partial charge >= 0.3 is 0 Å². The second-order valence-corrected chi connectivity index (χ2v) is 4.71. The average molecular weight is 241 g/mol. The number of halogens is 1. The maximum Gasteiger partial charge on any atom is 0.222 e. The maximum atomic E-state index is 6.11. The van der Waals surface area contributed by atoms with Crippen LogP contribution in [0.15, 0.2) is 12.4 Å². The predicted octanol–water partition coefficient (Wildman–Crippen LogP) is 2.20. The quantitative estimate of drug-likeness (QED) is 0.778. The SMILES string of the molecule is NC1CCCCCC1Nc1ncc(Cl)cn1. The van der Waals surface area contributed by atoms with Gasteiger partial charge in [0.15, 0.2) is 0 Å². The zero-order valence-electron chi connectivity index (χ0n) is 9.19. The summed E-state index contributed by atoms with van der Waals surface area (Å²) in [5.74, 6) is 0.617. The van der Waals surface area contributed by atoms with Crippen LogP contribution in [0.4, 0.5) is 5.95 Å². The number of nitrogens with zero attached hydrogens (tertiary/aromatic N) is 2. The first-order valence-corrected chi connectivity index (χ1v) is 6.13. The van der Waals surface area contributed by atoms with Crippen LogP contribution < -0.4 is 11.1 Å². The van der Waals surface area contributed by atoms with Crippen LogP contribution in [0.5, 0.6) is 0 Å². The summed E-state index contributed by atoms with van der Waals surface area (Å²) in [5, 5.41) is 3.84. The van der Waals surface area contributed by atoms with Crippen LogP contribution in [0.2, 0.25) is 5.02 Å². The molecule has 2 rings (SSSR count). The molecule has 1 aliphatic carbocycles. The van der Waals surface area contributed by atoms with Crippen molar-refractivity contribution in [1.29, 1.82) is 0 Å². The Bertz CT molecular complexity index is 327. The van der Waals surface area contributed by atoms with E-state index >= 15 is 0 Å². The summed E-state index contributed by atoms with van der Waals surface area (Å²) in [4.78, 5) is 8.26. The zero-order chi connectivity index (χ0) is 11.4. The summed E-state index contributed by atoms with van der Waals surface area (Å²) in [6.45, 7) is 0. The van der Waals surface area contributed by atoms with Gasteiger partial charge in [-0.25, -0.2) is 9.97 Å². The van der Waals surface area contributed by atoms with E-state index in [9.17, 15) is 0 Å². The smallest absolute Gasteiger partial charge is 0.222 e. The van der Waals surface area contributed by atoms with Crippen molar-refractivity contribution in [2.24, 2.45) is 5.73 Å². The fourth-order valence-electron chi connectivity index (χ4n) is 2.07. The minimum absolute atomic E-state index is 0.196. The molecule has 2 atom stereocenters. The lowest BCUT2D eigenvalue weighted by atomic mass is 10.0. The van der Waals surface area contributed by atoms with Gasteiger partial charge in [0.1, 0.15) is 0 Å². The molecule has 1 fully saturated rings. The van der Waals surface area contributed by atoms with Crippen molar-refractivity contribution in [3.8, 4) is 0 Å². The third-order valence-electron chi connectivity index (χ3n) is 3.00. The number of aromatic nitrogens is 2. The number of hydrogen-bond donors (Lipinski definition) is 2. The summed E-state index contributed by atoms with van der Waals surface area (Å²) in [7, 11) is 0. The largest absolute Gasteiger partial charge is 0.350 e. The lowest BCUT2D eigenvalue weighted by Gasteiger charge is -2.22. The van der Waals surface area contributed by atoms with Crippen molar-refractivity contribution in [2.75, 3.05) is 5.32 Å². The molecule has 0 aliphatic heterocycles. The topological polar surface area (TPSA) is 63.8 Å². The Morgan fingerprint density at radius 2 is 1.88 bits per heavy atom. The van der Waals surface area contributed by atoms with Gasteiger partial charge in [-0.05, 0) is 12.8 Å². The average Bonchev–Trinajstić information content (AvgIpc) is 2.48. The molecule has 0 spiro atoms.